The van der Waals surface area contributed by atoms with Crippen LogP contribution in [0.3, 0.4) is 0 Å². The Balaban J connectivity index is 2.44. The third-order valence-electron chi connectivity index (χ3n) is 3.95. The van der Waals surface area contributed by atoms with Crippen LogP contribution in [0.1, 0.15) is 36.3 Å². The van der Waals surface area contributed by atoms with Crippen molar-refractivity contribution in [1.29, 1.82) is 0 Å². The number of hydrogen-bond acceptors (Lipinski definition) is 2. The highest BCUT2D eigenvalue weighted by Crippen LogP contribution is 2.42. The van der Waals surface area contributed by atoms with Gasteiger partial charge in [-0.3, -0.25) is 0 Å². The minimum atomic E-state index is -4.51. The molecule has 0 aromatic heterocycles. The first-order chi connectivity index (χ1) is 11.1. The van der Waals surface area contributed by atoms with Gasteiger partial charge < -0.3 is 10.2 Å². The SMILES string of the molecule is CC(c1ccc(O)c(F)c1)C(CC(F)(F)F)c1ccc(O)c(F)c1. The smallest absolute Gasteiger partial charge is 0.389 e. The van der Waals surface area contributed by atoms with Gasteiger partial charge >= 0.3 is 6.18 Å². The van der Waals surface area contributed by atoms with Crippen LogP contribution in [0.4, 0.5) is 22.0 Å². The summed E-state index contributed by atoms with van der Waals surface area (Å²) >= 11 is 0. The van der Waals surface area contributed by atoms with Crippen molar-refractivity contribution in [2.45, 2.75) is 31.4 Å². The summed E-state index contributed by atoms with van der Waals surface area (Å²) in [7, 11) is 0. The molecule has 0 bridgehead atoms. The van der Waals surface area contributed by atoms with Gasteiger partial charge in [0.05, 0.1) is 6.42 Å². The second-order valence-corrected chi connectivity index (χ2v) is 5.64. The second-order valence-electron chi connectivity index (χ2n) is 5.64. The van der Waals surface area contributed by atoms with Gasteiger partial charge in [-0.15, -0.1) is 0 Å². The molecule has 2 nitrogen and oxygen atoms in total. The molecule has 2 aromatic carbocycles. The molecule has 2 N–H and O–H groups in total. The largest absolute Gasteiger partial charge is 0.505 e. The van der Waals surface area contributed by atoms with Crippen LogP contribution in [0, 0.1) is 11.6 Å². The van der Waals surface area contributed by atoms with E-state index in [0.29, 0.717) is 0 Å². The summed E-state index contributed by atoms with van der Waals surface area (Å²) in [6, 6.07) is 6.38. The first-order valence-corrected chi connectivity index (χ1v) is 7.12. The zero-order chi connectivity index (χ0) is 18.1. The topological polar surface area (TPSA) is 40.5 Å². The Hall–Kier alpha value is -2.31. The lowest BCUT2D eigenvalue weighted by atomic mass is 9.80. The summed E-state index contributed by atoms with van der Waals surface area (Å²) in [6.45, 7) is 1.47. The van der Waals surface area contributed by atoms with E-state index >= 15 is 0 Å². The van der Waals surface area contributed by atoms with Crippen molar-refractivity contribution in [3.8, 4) is 11.5 Å². The van der Waals surface area contributed by atoms with Gasteiger partial charge in [0.15, 0.2) is 23.1 Å². The van der Waals surface area contributed by atoms with Gasteiger partial charge in [0, 0.05) is 0 Å². The molecule has 130 valence electrons. The van der Waals surface area contributed by atoms with E-state index in [1.807, 2.05) is 0 Å². The van der Waals surface area contributed by atoms with Crippen molar-refractivity contribution >= 4 is 0 Å². The molecular weight excluding hydrogens is 331 g/mol. The molecule has 2 atom stereocenters. The molecule has 2 aromatic rings. The maximum Gasteiger partial charge on any atom is 0.389 e. The molecule has 0 spiro atoms. The van der Waals surface area contributed by atoms with Crippen LogP contribution in [-0.2, 0) is 0 Å². The molecule has 0 aliphatic carbocycles. The Morgan fingerprint density at radius 2 is 1.33 bits per heavy atom. The van der Waals surface area contributed by atoms with E-state index in [2.05, 4.69) is 0 Å². The average Bonchev–Trinajstić information content (AvgIpc) is 2.49. The third kappa shape index (κ3) is 4.15. The van der Waals surface area contributed by atoms with Crippen molar-refractivity contribution in [2.75, 3.05) is 0 Å². The summed E-state index contributed by atoms with van der Waals surface area (Å²) in [5.41, 5.74) is 0.289. The van der Waals surface area contributed by atoms with Crippen molar-refractivity contribution in [3.63, 3.8) is 0 Å². The first kappa shape index (κ1) is 18.0. The lowest BCUT2D eigenvalue weighted by Gasteiger charge is -2.26. The molecule has 0 aliphatic heterocycles. The number of hydrogen-bond donors (Lipinski definition) is 2. The fraction of sp³-hybridized carbons (Fsp3) is 0.294. The Morgan fingerprint density at radius 1 is 0.875 bits per heavy atom. The maximum absolute atomic E-state index is 13.5. The highest BCUT2D eigenvalue weighted by Gasteiger charge is 2.36. The van der Waals surface area contributed by atoms with E-state index in [9.17, 15) is 32.2 Å². The van der Waals surface area contributed by atoms with Crippen LogP contribution in [-0.4, -0.2) is 16.4 Å². The maximum atomic E-state index is 13.5. The van der Waals surface area contributed by atoms with E-state index in [-0.39, 0.29) is 11.1 Å². The quantitative estimate of drug-likeness (QED) is 0.746. The Morgan fingerprint density at radius 3 is 1.79 bits per heavy atom. The molecule has 2 rings (SSSR count). The van der Waals surface area contributed by atoms with Gasteiger partial charge in [0.25, 0.3) is 0 Å². The lowest BCUT2D eigenvalue weighted by Crippen LogP contribution is -2.18. The number of benzene rings is 2. The number of alkyl halides is 3. The van der Waals surface area contributed by atoms with Gasteiger partial charge in [-0.25, -0.2) is 8.78 Å². The molecular formula is C17H15F5O2. The summed E-state index contributed by atoms with van der Waals surface area (Å²) in [4.78, 5) is 0. The van der Waals surface area contributed by atoms with E-state index in [1.165, 1.54) is 19.1 Å². The number of aromatic hydroxyl groups is 2. The minimum absolute atomic E-state index is 0.0450. The highest BCUT2D eigenvalue weighted by atomic mass is 19.4. The number of phenols is 2. The fourth-order valence-corrected chi connectivity index (χ4v) is 2.63. The Kier molecular flexibility index (Phi) is 5.01. The molecule has 0 fully saturated rings. The molecule has 0 radical (unpaired) electrons. The molecule has 0 saturated heterocycles. The standard InChI is InChI=1S/C17H15F5O2/c1-9(10-2-4-15(23)13(18)6-10)12(8-17(20,21)22)11-3-5-16(24)14(19)7-11/h2-7,9,12,23-24H,8H2,1H3. The van der Waals surface area contributed by atoms with Gasteiger partial charge in [-0.05, 0) is 47.2 Å². The van der Waals surface area contributed by atoms with Gasteiger partial charge in [-0.1, -0.05) is 19.1 Å². The predicted octanol–water partition coefficient (Wildman–Crippen LogP) is 5.22. The zero-order valence-electron chi connectivity index (χ0n) is 12.6. The second kappa shape index (κ2) is 6.67. The van der Waals surface area contributed by atoms with E-state index < -0.39 is 47.6 Å². The van der Waals surface area contributed by atoms with Crippen molar-refractivity contribution in [1.82, 2.24) is 0 Å². The Bertz CT molecular complexity index is 727. The number of halogens is 5. The normalized spacial score (nSPS) is 14.4. The molecule has 0 aliphatic rings. The molecule has 7 heteroatoms. The summed E-state index contributed by atoms with van der Waals surface area (Å²) in [5.74, 6) is -5.21. The highest BCUT2D eigenvalue weighted by molar-refractivity contribution is 5.35. The minimum Gasteiger partial charge on any atom is -0.505 e. The first-order valence-electron chi connectivity index (χ1n) is 7.12. The average molecular weight is 346 g/mol. The van der Waals surface area contributed by atoms with Crippen LogP contribution in [0.5, 0.6) is 11.5 Å². The van der Waals surface area contributed by atoms with Gasteiger partial charge in [0.2, 0.25) is 0 Å². The Labute approximate surface area is 135 Å². The van der Waals surface area contributed by atoms with Crippen LogP contribution in [0.2, 0.25) is 0 Å². The summed E-state index contributed by atoms with van der Waals surface area (Å²) < 4.78 is 65.8. The molecule has 2 unspecified atom stereocenters. The monoisotopic (exact) mass is 346 g/mol. The van der Waals surface area contributed by atoms with E-state index in [0.717, 1.165) is 24.3 Å². The van der Waals surface area contributed by atoms with Crippen molar-refractivity contribution in [2.24, 2.45) is 0 Å². The van der Waals surface area contributed by atoms with Crippen LogP contribution in [0.25, 0.3) is 0 Å². The number of phenolic OH excluding ortho intramolecular Hbond substituents is 2. The van der Waals surface area contributed by atoms with Gasteiger partial charge in [0.1, 0.15) is 0 Å². The van der Waals surface area contributed by atoms with Crippen LogP contribution < -0.4 is 0 Å². The van der Waals surface area contributed by atoms with E-state index in [1.54, 1.807) is 0 Å². The molecule has 24 heavy (non-hydrogen) atoms. The van der Waals surface area contributed by atoms with Crippen LogP contribution >= 0.6 is 0 Å². The lowest BCUT2D eigenvalue weighted by molar-refractivity contribution is -0.139. The molecule has 0 amide bonds. The van der Waals surface area contributed by atoms with Crippen LogP contribution in [0.15, 0.2) is 36.4 Å². The summed E-state index contributed by atoms with van der Waals surface area (Å²) in [5, 5.41) is 18.4. The predicted molar refractivity (Wildman–Crippen MR) is 78.0 cm³/mol. The van der Waals surface area contributed by atoms with Crippen molar-refractivity contribution in [3.05, 3.63) is 59.2 Å². The fourth-order valence-electron chi connectivity index (χ4n) is 2.63. The van der Waals surface area contributed by atoms with Crippen molar-refractivity contribution < 1.29 is 32.2 Å². The van der Waals surface area contributed by atoms with Gasteiger partial charge in [-0.2, -0.15) is 13.2 Å². The summed E-state index contributed by atoms with van der Waals surface area (Å²) in [6.07, 6.45) is -5.75. The molecule has 0 saturated carbocycles. The van der Waals surface area contributed by atoms with E-state index in [4.69, 9.17) is 0 Å². The molecule has 0 heterocycles. The zero-order valence-corrected chi connectivity index (χ0v) is 12.6. The third-order valence-corrected chi connectivity index (χ3v) is 3.95. The number of rotatable bonds is 4.